The van der Waals surface area contributed by atoms with Crippen molar-refractivity contribution >= 4 is 23.9 Å². The third-order valence-electron chi connectivity index (χ3n) is 4.85. The highest BCUT2D eigenvalue weighted by molar-refractivity contribution is 7.97. The van der Waals surface area contributed by atoms with Gasteiger partial charge < -0.3 is 15.7 Å². The van der Waals surface area contributed by atoms with E-state index >= 15 is 0 Å². The van der Waals surface area contributed by atoms with Gasteiger partial charge in [-0.05, 0) is 74.4 Å². The molecule has 6 nitrogen and oxygen atoms in total. The minimum atomic E-state index is -0.254. The van der Waals surface area contributed by atoms with E-state index in [2.05, 4.69) is 18.0 Å². The summed E-state index contributed by atoms with van der Waals surface area (Å²) in [5.74, 6) is -0.258. The van der Waals surface area contributed by atoms with Gasteiger partial charge in [0, 0.05) is 54.2 Å². The predicted octanol–water partition coefficient (Wildman–Crippen LogP) is 3.22. The second kappa shape index (κ2) is 11.2. The first kappa shape index (κ1) is 24.0. The van der Waals surface area contributed by atoms with Gasteiger partial charge in [0.05, 0.1) is 6.54 Å². The summed E-state index contributed by atoms with van der Waals surface area (Å²) in [7, 11) is 4.96. The fourth-order valence-electron chi connectivity index (χ4n) is 3.72. The Bertz CT molecular complexity index is 891. The molecule has 3 N–H and O–H groups in total. The second-order valence-corrected chi connectivity index (χ2v) is 8.41. The Morgan fingerprint density at radius 1 is 1.33 bits per heavy atom. The molecular weight excluding hydrogens is 403 g/mol. The van der Waals surface area contributed by atoms with Crippen LogP contribution in [-0.4, -0.2) is 61.0 Å². The average molecular weight is 433 g/mol. The van der Waals surface area contributed by atoms with Crippen LogP contribution in [0.4, 0.5) is 10.1 Å². The molecule has 2 aromatic rings. The number of fused-ring (bicyclic) bond motifs is 1. The first-order chi connectivity index (χ1) is 14.4. The Hall–Kier alpha value is -2.26. The molecule has 2 heterocycles. The van der Waals surface area contributed by atoms with E-state index in [4.69, 9.17) is 10.8 Å². The van der Waals surface area contributed by atoms with E-state index in [-0.39, 0.29) is 30.9 Å². The number of aliphatic hydroxyl groups is 1. The molecule has 0 saturated carbocycles. The minimum Gasteiger partial charge on any atom is -0.400 e. The third-order valence-corrected chi connectivity index (χ3v) is 5.65. The van der Waals surface area contributed by atoms with Crippen molar-refractivity contribution in [3.05, 3.63) is 65.3 Å². The highest BCUT2D eigenvalue weighted by Crippen LogP contribution is 2.45. The van der Waals surface area contributed by atoms with Crippen molar-refractivity contribution in [3.8, 4) is 0 Å². The van der Waals surface area contributed by atoms with E-state index in [9.17, 15) is 9.18 Å². The molecule has 0 amide bonds. The van der Waals surface area contributed by atoms with Gasteiger partial charge in [-0.3, -0.25) is 14.1 Å². The van der Waals surface area contributed by atoms with Crippen molar-refractivity contribution in [2.24, 2.45) is 5.73 Å². The standard InChI is InChI=1S/C21H25FN4OS.CH4O/c1-14-21(16-9-18(11-24-10-16)28-25(2)3)19-8-15(13-27)4-5-20(19)26(14)12-17(22)6-7-23;1-2/h4-6,8-11,13-14,21H,7,12,23H2,1-3H3;2H,1H3/b17-6-;. The van der Waals surface area contributed by atoms with Gasteiger partial charge in [-0.15, -0.1) is 0 Å². The number of anilines is 1. The maximum atomic E-state index is 14.3. The molecule has 2 unspecified atom stereocenters. The predicted molar refractivity (Wildman–Crippen MR) is 121 cm³/mol. The van der Waals surface area contributed by atoms with Crippen molar-refractivity contribution in [3.63, 3.8) is 0 Å². The van der Waals surface area contributed by atoms with Crippen molar-refractivity contribution < 1.29 is 14.3 Å². The third kappa shape index (κ3) is 5.46. The van der Waals surface area contributed by atoms with Gasteiger partial charge in [0.1, 0.15) is 12.1 Å². The van der Waals surface area contributed by atoms with Crippen LogP contribution in [-0.2, 0) is 0 Å². The molecule has 1 aliphatic rings. The molecule has 1 aromatic carbocycles. The summed E-state index contributed by atoms with van der Waals surface area (Å²) in [4.78, 5) is 18.8. The number of hydrogen-bond acceptors (Lipinski definition) is 7. The molecule has 3 rings (SSSR count). The molecule has 0 spiro atoms. The first-order valence-corrected chi connectivity index (χ1v) is 10.4. The fourth-order valence-corrected chi connectivity index (χ4v) is 4.44. The van der Waals surface area contributed by atoms with Crippen LogP contribution in [0.1, 0.15) is 34.3 Å². The normalized spacial score (nSPS) is 18.1. The molecule has 2 atom stereocenters. The monoisotopic (exact) mass is 432 g/mol. The number of nitrogens with zero attached hydrogens (tertiary/aromatic N) is 3. The van der Waals surface area contributed by atoms with Crippen LogP contribution in [0.3, 0.4) is 0 Å². The van der Waals surface area contributed by atoms with E-state index in [0.717, 1.165) is 35.1 Å². The molecule has 1 aliphatic heterocycles. The Kier molecular flexibility index (Phi) is 8.98. The van der Waals surface area contributed by atoms with Gasteiger partial charge in [-0.2, -0.15) is 0 Å². The van der Waals surface area contributed by atoms with E-state index in [1.54, 1.807) is 18.0 Å². The Labute approximate surface area is 181 Å². The number of carbonyl (C=O) groups excluding carboxylic acids is 1. The number of hydrogen-bond donors (Lipinski definition) is 2. The molecule has 1 aromatic heterocycles. The summed E-state index contributed by atoms with van der Waals surface area (Å²) in [6.45, 7) is 2.40. The van der Waals surface area contributed by atoms with Crippen molar-refractivity contribution in [2.45, 2.75) is 23.8 Å². The minimum absolute atomic E-state index is 0.00390. The Morgan fingerprint density at radius 3 is 2.70 bits per heavy atom. The highest BCUT2D eigenvalue weighted by Gasteiger charge is 2.37. The molecule has 0 radical (unpaired) electrons. The molecule has 0 saturated heterocycles. The summed E-state index contributed by atoms with van der Waals surface area (Å²) in [6, 6.07) is 7.70. The quantitative estimate of drug-likeness (QED) is 0.513. The number of aromatic nitrogens is 1. The number of nitrogens with two attached hydrogens (primary N) is 1. The molecule has 162 valence electrons. The lowest BCUT2D eigenvalue weighted by atomic mass is 9.89. The maximum Gasteiger partial charge on any atom is 0.150 e. The zero-order valence-electron chi connectivity index (χ0n) is 17.7. The molecule has 30 heavy (non-hydrogen) atoms. The Balaban J connectivity index is 0.00000155. The van der Waals surface area contributed by atoms with E-state index in [1.807, 2.05) is 47.8 Å². The summed E-state index contributed by atoms with van der Waals surface area (Å²) in [6.07, 6.45) is 5.93. The van der Waals surface area contributed by atoms with Crippen LogP contribution in [0.2, 0.25) is 0 Å². The summed E-state index contributed by atoms with van der Waals surface area (Å²) < 4.78 is 16.3. The van der Waals surface area contributed by atoms with Gasteiger partial charge >= 0.3 is 0 Å². The smallest absolute Gasteiger partial charge is 0.150 e. The van der Waals surface area contributed by atoms with Crippen LogP contribution in [0, 0.1) is 0 Å². The molecule has 0 aliphatic carbocycles. The zero-order chi connectivity index (χ0) is 22.3. The summed E-state index contributed by atoms with van der Waals surface area (Å²) in [5.41, 5.74) is 9.08. The van der Waals surface area contributed by atoms with E-state index < -0.39 is 0 Å². The van der Waals surface area contributed by atoms with Crippen LogP contribution >= 0.6 is 11.9 Å². The van der Waals surface area contributed by atoms with Crippen molar-refractivity contribution in [2.75, 3.05) is 39.2 Å². The lowest BCUT2D eigenvalue weighted by Crippen LogP contribution is -2.33. The van der Waals surface area contributed by atoms with Gasteiger partial charge in [-0.1, -0.05) is 0 Å². The summed E-state index contributed by atoms with van der Waals surface area (Å²) >= 11 is 1.60. The van der Waals surface area contributed by atoms with Crippen molar-refractivity contribution in [1.82, 2.24) is 9.29 Å². The number of rotatable bonds is 7. The SMILES string of the molecule is CC1C(c2cncc(SN(C)C)c2)c2cc(C=O)ccc2N1C/C(F)=C/CN.CO. The van der Waals surface area contributed by atoms with E-state index in [1.165, 1.54) is 6.08 Å². The van der Waals surface area contributed by atoms with Gasteiger partial charge in [0.15, 0.2) is 0 Å². The van der Waals surface area contributed by atoms with Gasteiger partial charge in [0.2, 0.25) is 0 Å². The van der Waals surface area contributed by atoms with Crippen LogP contribution in [0.25, 0.3) is 0 Å². The lowest BCUT2D eigenvalue weighted by Gasteiger charge is -2.27. The van der Waals surface area contributed by atoms with Crippen LogP contribution in [0.15, 0.2) is 53.5 Å². The average Bonchev–Trinajstić information content (AvgIpc) is 3.00. The number of benzene rings is 1. The molecule has 8 heteroatoms. The number of aliphatic hydroxyl groups excluding tert-OH is 1. The van der Waals surface area contributed by atoms with Gasteiger partial charge in [0.25, 0.3) is 0 Å². The summed E-state index contributed by atoms with van der Waals surface area (Å²) in [5, 5.41) is 7.00. The maximum absolute atomic E-state index is 14.3. The second-order valence-electron chi connectivity index (χ2n) is 7.03. The largest absolute Gasteiger partial charge is 0.400 e. The zero-order valence-corrected chi connectivity index (χ0v) is 18.6. The first-order valence-electron chi connectivity index (χ1n) is 9.60. The van der Waals surface area contributed by atoms with Crippen molar-refractivity contribution in [1.29, 1.82) is 0 Å². The molecule has 0 bridgehead atoms. The fraction of sp³-hybridized carbons (Fsp3) is 0.364. The van der Waals surface area contributed by atoms with Crippen LogP contribution < -0.4 is 10.6 Å². The molecular formula is C22H29FN4O2S. The van der Waals surface area contributed by atoms with E-state index in [0.29, 0.717) is 5.56 Å². The van der Waals surface area contributed by atoms with Gasteiger partial charge in [-0.25, -0.2) is 4.39 Å². The topological polar surface area (TPSA) is 82.7 Å². The number of carbonyl (C=O) groups is 1. The lowest BCUT2D eigenvalue weighted by molar-refractivity contribution is 0.112. The Morgan fingerprint density at radius 2 is 2.07 bits per heavy atom. The molecule has 0 fully saturated rings. The number of pyridine rings is 1. The van der Waals surface area contributed by atoms with Crippen LogP contribution in [0.5, 0.6) is 0 Å². The number of halogens is 1. The highest BCUT2D eigenvalue weighted by atomic mass is 32.2. The number of aldehydes is 1.